The van der Waals surface area contributed by atoms with E-state index in [0.717, 1.165) is 25.8 Å². The number of piperazine rings is 1. The van der Waals surface area contributed by atoms with Crippen LogP contribution in [-0.2, 0) is 15.9 Å². The monoisotopic (exact) mass is 711 g/mol. The third-order valence-electron chi connectivity index (χ3n) is 7.77. The molecule has 1 saturated heterocycles. The van der Waals surface area contributed by atoms with Crippen LogP contribution in [-0.4, -0.2) is 71.1 Å². The Morgan fingerprint density at radius 2 is 1.64 bits per heavy atom. The lowest BCUT2D eigenvalue weighted by molar-refractivity contribution is 0.0139. The standard InChI is InChI=1S/C34H35FIN3O5/c1-21-22(9-8-11-26(21)35)19-25-29(24-10-6-7-12-27(24)36)28-20-23(32(41)43-5)13-14-39(28)30(25)31(40)37-15-17-38(18-16-37)33(42)44-34(2,3)4/h6-14,20H,15-19H2,1-5H3. The van der Waals surface area contributed by atoms with Gasteiger partial charge in [0, 0.05) is 47.9 Å². The van der Waals surface area contributed by atoms with Crippen LogP contribution in [0.25, 0.3) is 16.6 Å². The summed E-state index contributed by atoms with van der Waals surface area (Å²) in [4.78, 5) is 43.1. The van der Waals surface area contributed by atoms with Gasteiger partial charge in [0.25, 0.3) is 5.91 Å². The molecule has 2 amide bonds. The first-order valence-corrected chi connectivity index (χ1v) is 15.5. The molecule has 10 heteroatoms. The fourth-order valence-electron chi connectivity index (χ4n) is 5.52. The number of carbonyl (C=O) groups excluding carboxylic acids is 3. The molecule has 8 nitrogen and oxygen atoms in total. The molecular formula is C34H35FIN3O5. The summed E-state index contributed by atoms with van der Waals surface area (Å²) >= 11 is 2.27. The number of rotatable bonds is 5. The lowest BCUT2D eigenvalue weighted by Crippen LogP contribution is -2.51. The lowest BCUT2D eigenvalue weighted by atomic mass is 9.93. The number of halogens is 2. The zero-order chi connectivity index (χ0) is 31.8. The average molecular weight is 712 g/mol. The van der Waals surface area contributed by atoms with Crippen LogP contribution >= 0.6 is 22.6 Å². The number of ether oxygens (including phenoxy) is 2. The second-order valence-corrected chi connectivity index (χ2v) is 13.0. The van der Waals surface area contributed by atoms with Gasteiger partial charge in [-0.1, -0.05) is 30.3 Å². The molecule has 44 heavy (non-hydrogen) atoms. The molecule has 0 unspecified atom stereocenters. The number of benzene rings is 2. The van der Waals surface area contributed by atoms with E-state index in [4.69, 9.17) is 9.47 Å². The maximum Gasteiger partial charge on any atom is 0.410 e. The third kappa shape index (κ3) is 6.31. The van der Waals surface area contributed by atoms with Crippen LogP contribution in [0.4, 0.5) is 9.18 Å². The fraction of sp³-hybridized carbons (Fsp3) is 0.324. The van der Waals surface area contributed by atoms with Crippen molar-refractivity contribution >= 4 is 46.1 Å². The van der Waals surface area contributed by atoms with Crippen molar-refractivity contribution in [3.05, 3.63) is 98.1 Å². The zero-order valence-corrected chi connectivity index (χ0v) is 27.6. The Kier molecular flexibility index (Phi) is 9.01. The number of fused-ring (bicyclic) bond motifs is 1. The van der Waals surface area contributed by atoms with Crippen LogP contribution in [0, 0.1) is 16.3 Å². The normalized spacial score (nSPS) is 13.7. The second kappa shape index (κ2) is 12.6. The molecule has 1 fully saturated rings. The summed E-state index contributed by atoms with van der Waals surface area (Å²) in [5, 5.41) is 0. The summed E-state index contributed by atoms with van der Waals surface area (Å²) in [5.41, 5.74) is 4.50. The molecule has 0 radical (unpaired) electrons. The molecular weight excluding hydrogens is 676 g/mol. The third-order valence-corrected chi connectivity index (χ3v) is 8.71. The van der Waals surface area contributed by atoms with Crippen LogP contribution in [0.15, 0.2) is 60.8 Å². The van der Waals surface area contributed by atoms with Gasteiger partial charge >= 0.3 is 12.1 Å². The number of nitrogens with zero attached hydrogens (tertiary/aromatic N) is 3. The maximum atomic E-state index is 14.7. The van der Waals surface area contributed by atoms with Crippen molar-refractivity contribution < 1.29 is 28.2 Å². The first-order valence-electron chi connectivity index (χ1n) is 14.4. The van der Waals surface area contributed by atoms with Gasteiger partial charge in [-0.2, -0.15) is 0 Å². The highest BCUT2D eigenvalue weighted by atomic mass is 127. The van der Waals surface area contributed by atoms with Gasteiger partial charge in [-0.3, -0.25) is 4.79 Å². The van der Waals surface area contributed by atoms with Gasteiger partial charge in [0.15, 0.2) is 0 Å². The summed E-state index contributed by atoms with van der Waals surface area (Å²) in [6.07, 6.45) is 1.60. The first kappa shape index (κ1) is 31.5. The van der Waals surface area contributed by atoms with E-state index in [1.807, 2.05) is 55.5 Å². The molecule has 2 aromatic heterocycles. The quantitative estimate of drug-likeness (QED) is 0.170. The molecule has 230 valence electrons. The van der Waals surface area contributed by atoms with Crippen molar-refractivity contribution in [1.82, 2.24) is 14.2 Å². The molecule has 1 aliphatic rings. The van der Waals surface area contributed by atoms with Crippen molar-refractivity contribution in [2.24, 2.45) is 0 Å². The highest BCUT2D eigenvalue weighted by molar-refractivity contribution is 14.1. The van der Waals surface area contributed by atoms with Crippen LogP contribution in [0.3, 0.4) is 0 Å². The van der Waals surface area contributed by atoms with Gasteiger partial charge in [-0.05, 0) is 96.8 Å². The van der Waals surface area contributed by atoms with E-state index < -0.39 is 17.7 Å². The number of aromatic nitrogens is 1. The SMILES string of the molecule is COC(=O)c1ccn2c(C(=O)N3CCN(C(=O)OC(C)(C)C)CC3)c(Cc3cccc(F)c3C)c(-c3ccccc3I)c2c1. The highest BCUT2D eigenvalue weighted by Crippen LogP contribution is 2.39. The average Bonchev–Trinajstić information content (AvgIpc) is 3.30. The minimum Gasteiger partial charge on any atom is -0.465 e. The van der Waals surface area contributed by atoms with Gasteiger partial charge in [0.1, 0.15) is 17.1 Å². The summed E-state index contributed by atoms with van der Waals surface area (Å²) in [7, 11) is 1.33. The van der Waals surface area contributed by atoms with Crippen molar-refractivity contribution in [2.75, 3.05) is 33.3 Å². The molecule has 0 saturated carbocycles. The number of amides is 2. The smallest absolute Gasteiger partial charge is 0.410 e. The molecule has 2 aromatic carbocycles. The number of pyridine rings is 1. The first-order chi connectivity index (χ1) is 20.9. The predicted octanol–water partition coefficient (Wildman–Crippen LogP) is 6.73. The van der Waals surface area contributed by atoms with Crippen LogP contribution < -0.4 is 0 Å². The summed E-state index contributed by atoms with van der Waals surface area (Å²) < 4.78 is 28.1. The highest BCUT2D eigenvalue weighted by Gasteiger charge is 2.33. The van der Waals surface area contributed by atoms with E-state index in [1.165, 1.54) is 13.2 Å². The van der Waals surface area contributed by atoms with E-state index in [9.17, 15) is 18.8 Å². The van der Waals surface area contributed by atoms with Gasteiger partial charge in [0.2, 0.25) is 0 Å². The molecule has 0 N–H and O–H groups in total. The van der Waals surface area contributed by atoms with Crippen LogP contribution in [0.5, 0.6) is 0 Å². The molecule has 4 aromatic rings. The van der Waals surface area contributed by atoms with E-state index >= 15 is 0 Å². The molecule has 0 atom stereocenters. The maximum absolute atomic E-state index is 14.7. The lowest BCUT2D eigenvalue weighted by Gasteiger charge is -2.35. The van der Waals surface area contributed by atoms with E-state index in [2.05, 4.69) is 22.6 Å². The molecule has 3 heterocycles. The van der Waals surface area contributed by atoms with Crippen molar-refractivity contribution in [2.45, 2.75) is 39.7 Å². The molecule has 5 rings (SSSR count). The minimum absolute atomic E-state index is 0.212. The second-order valence-electron chi connectivity index (χ2n) is 11.8. The van der Waals surface area contributed by atoms with Gasteiger partial charge in [0.05, 0.1) is 18.2 Å². The van der Waals surface area contributed by atoms with Gasteiger partial charge in [-0.25, -0.2) is 14.0 Å². The zero-order valence-electron chi connectivity index (χ0n) is 25.4. The molecule has 0 bridgehead atoms. The molecule has 1 aliphatic heterocycles. The van der Waals surface area contributed by atoms with E-state index in [0.29, 0.717) is 48.5 Å². The number of methoxy groups -OCH3 is 1. The number of hydrogen-bond donors (Lipinski definition) is 0. The molecule has 0 aliphatic carbocycles. The van der Waals surface area contributed by atoms with Crippen LogP contribution in [0.2, 0.25) is 0 Å². The predicted molar refractivity (Wildman–Crippen MR) is 175 cm³/mol. The van der Waals surface area contributed by atoms with Gasteiger partial charge in [-0.15, -0.1) is 0 Å². The van der Waals surface area contributed by atoms with Crippen molar-refractivity contribution in [3.63, 3.8) is 0 Å². The Morgan fingerprint density at radius 1 is 0.955 bits per heavy atom. The number of esters is 1. The van der Waals surface area contributed by atoms with E-state index in [1.54, 1.807) is 41.1 Å². The van der Waals surface area contributed by atoms with Crippen LogP contribution in [0.1, 0.15) is 58.3 Å². The Balaban J connectivity index is 1.66. The van der Waals surface area contributed by atoms with Gasteiger partial charge < -0.3 is 23.7 Å². The Hall–Kier alpha value is -3.93. The minimum atomic E-state index is -0.618. The van der Waals surface area contributed by atoms with Crippen molar-refractivity contribution in [1.29, 1.82) is 0 Å². The summed E-state index contributed by atoms with van der Waals surface area (Å²) in [6.45, 7) is 8.50. The summed E-state index contributed by atoms with van der Waals surface area (Å²) in [5.74, 6) is -1.02. The Bertz CT molecular complexity index is 1750. The largest absolute Gasteiger partial charge is 0.465 e. The van der Waals surface area contributed by atoms with Crippen molar-refractivity contribution in [3.8, 4) is 11.1 Å². The molecule has 0 spiro atoms. The summed E-state index contributed by atoms with van der Waals surface area (Å²) in [6, 6.07) is 16.2. The Labute approximate surface area is 269 Å². The number of hydrogen-bond acceptors (Lipinski definition) is 5. The fourth-order valence-corrected chi connectivity index (χ4v) is 6.18. The number of carbonyl (C=O) groups is 3. The topological polar surface area (TPSA) is 80.6 Å². The van der Waals surface area contributed by atoms with E-state index in [-0.39, 0.29) is 18.1 Å². The Morgan fingerprint density at radius 3 is 2.30 bits per heavy atom.